The van der Waals surface area contributed by atoms with Gasteiger partial charge in [-0.1, -0.05) is 6.07 Å². The molecule has 0 aromatic heterocycles. The Morgan fingerprint density at radius 3 is 2.29 bits per heavy atom. The van der Waals surface area contributed by atoms with E-state index < -0.39 is 5.82 Å². The molecule has 0 aliphatic rings. The van der Waals surface area contributed by atoms with Gasteiger partial charge in [0.1, 0.15) is 11.5 Å². The van der Waals surface area contributed by atoms with Crippen LogP contribution < -0.4 is 14.2 Å². The second-order valence-corrected chi connectivity index (χ2v) is 5.18. The van der Waals surface area contributed by atoms with E-state index in [1.54, 1.807) is 44.5 Å². The highest BCUT2D eigenvalue weighted by Crippen LogP contribution is 2.19. The van der Waals surface area contributed by atoms with Crippen LogP contribution in [0.1, 0.15) is 5.56 Å². The standard InChI is InChI=1S/C18H20FNO4/c1-20(11-13-4-9-17(23-3)16(19)10-13)18(21)12-24-15-7-5-14(22-2)6-8-15/h4-10H,11-12H2,1-3H3. The van der Waals surface area contributed by atoms with Gasteiger partial charge < -0.3 is 19.1 Å². The predicted molar refractivity (Wildman–Crippen MR) is 87.9 cm³/mol. The van der Waals surface area contributed by atoms with Gasteiger partial charge in [-0.3, -0.25) is 4.79 Å². The fourth-order valence-electron chi connectivity index (χ4n) is 2.10. The van der Waals surface area contributed by atoms with E-state index in [2.05, 4.69) is 0 Å². The van der Waals surface area contributed by atoms with Gasteiger partial charge in [0.05, 0.1) is 14.2 Å². The van der Waals surface area contributed by atoms with Crippen molar-refractivity contribution in [2.75, 3.05) is 27.9 Å². The van der Waals surface area contributed by atoms with E-state index in [4.69, 9.17) is 14.2 Å². The number of amides is 1. The lowest BCUT2D eigenvalue weighted by Crippen LogP contribution is -2.31. The largest absolute Gasteiger partial charge is 0.497 e. The Morgan fingerprint density at radius 2 is 1.71 bits per heavy atom. The van der Waals surface area contributed by atoms with E-state index in [9.17, 15) is 9.18 Å². The molecule has 6 heteroatoms. The molecule has 2 aromatic carbocycles. The lowest BCUT2D eigenvalue weighted by molar-refractivity contribution is -0.132. The molecule has 0 N–H and O–H groups in total. The summed E-state index contributed by atoms with van der Waals surface area (Å²) in [4.78, 5) is 13.6. The lowest BCUT2D eigenvalue weighted by Gasteiger charge is -2.18. The topological polar surface area (TPSA) is 48.0 Å². The first kappa shape index (κ1) is 17.6. The van der Waals surface area contributed by atoms with Crippen molar-refractivity contribution < 1.29 is 23.4 Å². The minimum Gasteiger partial charge on any atom is -0.497 e. The van der Waals surface area contributed by atoms with Gasteiger partial charge in [0.2, 0.25) is 0 Å². The van der Waals surface area contributed by atoms with Crippen molar-refractivity contribution >= 4 is 5.91 Å². The van der Waals surface area contributed by atoms with Crippen LogP contribution in [0.5, 0.6) is 17.2 Å². The first-order valence-electron chi connectivity index (χ1n) is 7.36. The molecule has 2 aromatic rings. The molecule has 5 nitrogen and oxygen atoms in total. The molecule has 0 atom stereocenters. The number of hydrogen-bond donors (Lipinski definition) is 0. The second-order valence-electron chi connectivity index (χ2n) is 5.18. The van der Waals surface area contributed by atoms with Gasteiger partial charge in [0, 0.05) is 13.6 Å². The zero-order chi connectivity index (χ0) is 17.5. The Balaban J connectivity index is 1.88. The highest BCUT2D eigenvalue weighted by atomic mass is 19.1. The van der Waals surface area contributed by atoms with Crippen LogP contribution in [-0.4, -0.2) is 38.7 Å². The molecule has 0 fully saturated rings. The molecule has 0 unspecified atom stereocenters. The van der Waals surface area contributed by atoms with E-state index in [0.717, 1.165) is 0 Å². The van der Waals surface area contributed by atoms with E-state index in [1.165, 1.54) is 24.1 Å². The van der Waals surface area contributed by atoms with Crippen molar-refractivity contribution in [1.29, 1.82) is 0 Å². The Bertz CT molecular complexity index is 688. The number of carbonyl (C=O) groups excluding carboxylic acids is 1. The number of nitrogens with zero attached hydrogens (tertiary/aromatic N) is 1. The van der Waals surface area contributed by atoms with E-state index in [0.29, 0.717) is 17.1 Å². The van der Waals surface area contributed by atoms with Crippen molar-refractivity contribution in [1.82, 2.24) is 4.90 Å². The van der Waals surface area contributed by atoms with Crippen LogP contribution in [-0.2, 0) is 11.3 Å². The van der Waals surface area contributed by atoms with E-state index >= 15 is 0 Å². The SMILES string of the molecule is COc1ccc(OCC(=O)N(C)Cc2ccc(OC)c(F)c2)cc1. The van der Waals surface area contributed by atoms with Crippen LogP contribution in [0.3, 0.4) is 0 Å². The Kier molecular flexibility index (Phi) is 6.01. The summed E-state index contributed by atoms with van der Waals surface area (Å²) >= 11 is 0. The van der Waals surface area contributed by atoms with E-state index in [1.807, 2.05) is 0 Å². The lowest BCUT2D eigenvalue weighted by atomic mass is 10.2. The number of rotatable bonds is 7. The second kappa shape index (κ2) is 8.19. The average Bonchev–Trinajstić information content (AvgIpc) is 2.60. The van der Waals surface area contributed by atoms with Gasteiger partial charge in [-0.05, 0) is 42.0 Å². The van der Waals surface area contributed by atoms with Crippen molar-refractivity contribution in [3.63, 3.8) is 0 Å². The van der Waals surface area contributed by atoms with Crippen LogP contribution in [0.25, 0.3) is 0 Å². The Morgan fingerprint density at radius 1 is 1.04 bits per heavy atom. The molecule has 0 bridgehead atoms. The maximum Gasteiger partial charge on any atom is 0.260 e. The number of likely N-dealkylation sites (N-methyl/N-ethyl adjacent to an activating group) is 1. The molecule has 2 rings (SSSR count). The van der Waals surface area contributed by atoms with Gasteiger partial charge in [-0.15, -0.1) is 0 Å². The number of hydrogen-bond acceptors (Lipinski definition) is 4. The Labute approximate surface area is 140 Å². The summed E-state index contributed by atoms with van der Waals surface area (Å²) in [5.74, 6) is 0.809. The normalized spacial score (nSPS) is 10.2. The van der Waals surface area contributed by atoms with Crippen LogP contribution >= 0.6 is 0 Å². The first-order valence-corrected chi connectivity index (χ1v) is 7.36. The minimum atomic E-state index is -0.453. The summed E-state index contributed by atoms with van der Waals surface area (Å²) < 4.78 is 29.0. The maximum absolute atomic E-state index is 13.7. The monoisotopic (exact) mass is 333 g/mol. The van der Waals surface area contributed by atoms with Crippen molar-refractivity contribution in [3.05, 3.63) is 53.8 Å². The summed E-state index contributed by atoms with van der Waals surface area (Å²) in [7, 11) is 4.63. The molecule has 1 amide bonds. The molecular formula is C18H20FNO4. The van der Waals surface area contributed by atoms with Crippen LogP contribution in [0.4, 0.5) is 4.39 Å². The van der Waals surface area contributed by atoms with Crippen LogP contribution in [0, 0.1) is 5.82 Å². The Hall–Kier alpha value is -2.76. The predicted octanol–water partition coefficient (Wildman–Crippen LogP) is 2.88. The summed E-state index contributed by atoms with van der Waals surface area (Å²) in [6.45, 7) is 0.188. The number of carbonyl (C=O) groups is 1. The fourth-order valence-corrected chi connectivity index (χ4v) is 2.10. The number of halogens is 1. The van der Waals surface area contributed by atoms with Gasteiger partial charge in [0.15, 0.2) is 18.2 Å². The van der Waals surface area contributed by atoms with E-state index in [-0.39, 0.29) is 24.8 Å². The number of ether oxygens (including phenoxy) is 3. The first-order chi connectivity index (χ1) is 11.5. The van der Waals surface area contributed by atoms with Gasteiger partial charge in [-0.2, -0.15) is 0 Å². The average molecular weight is 333 g/mol. The summed E-state index contributed by atoms with van der Waals surface area (Å²) in [6.07, 6.45) is 0. The van der Waals surface area contributed by atoms with Gasteiger partial charge in [-0.25, -0.2) is 4.39 Å². The third-order valence-electron chi connectivity index (χ3n) is 3.48. The number of benzene rings is 2. The van der Waals surface area contributed by atoms with Crippen LogP contribution in [0.15, 0.2) is 42.5 Å². The smallest absolute Gasteiger partial charge is 0.260 e. The number of methoxy groups -OCH3 is 2. The molecule has 0 radical (unpaired) electrons. The summed E-state index contributed by atoms with van der Waals surface area (Å²) in [5, 5.41) is 0. The molecule has 128 valence electrons. The zero-order valence-electron chi connectivity index (χ0n) is 13.9. The maximum atomic E-state index is 13.7. The van der Waals surface area contributed by atoms with Crippen LogP contribution in [0.2, 0.25) is 0 Å². The third-order valence-corrected chi connectivity index (χ3v) is 3.48. The van der Waals surface area contributed by atoms with Gasteiger partial charge >= 0.3 is 0 Å². The molecule has 0 spiro atoms. The molecule has 0 saturated carbocycles. The molecule has 0 heterocycles. The summed E-state index contributed by atoms with van der Waals surface area (Å²) in [5.41, 5.74) is 0.675. The quantitative estimate of drug-likeness (QED) is 0.782. The van der Waals surface area contributed by atoms with Crippen molar-refractivity contribution in [2.24, 2.45) is 0 Å². The third kappa shape index (κ3) is 4.62. The molecule has 0 aliphatic heterocycles. The molecule has 0 saturated heterocycles. The van der Waals surface area contributed by atoms with Gasteiger partial charge in [0.25, 0.3) is 5.91 Å². The highest BCUT2D eigenvalue weighted by Gasteiger charge is 2.12. The fraction of sp³-hybridized carbons (Fsp3) is 0.278. The molecule has 24 heavy (non-hydrogen) atoms. The van der Waals surface area contributed by atoms with Crippen molar-refractivity contribution in [3.8, 4) is 17.2 Å². The minimum absolute atomic E-state index is 0.0958. The van der Waals surface area contributed by atoms with Crippen molar-refractivity contribution in [2.45, 2.75) is 6.54 Å². The highest BCUT2D eigenvalue weighted by molar-refractivity contribution is 5.77. The molecular weight excluding hydrogens is 313 g/mol. The zero-order valence-corrected chi connectivity index (χ0v) is 13.9. The summed E-state index contributed by atoms with van der Waals surface area (Å²) in [6, 6.07) is 11.6. The molecule has 0 aliphatic carbocycles.